The molecular formula is C23H24N4O. The van der Waals surface area contributed by atoms with Gasteiger partial charge in [0.1, 0.15) is 0 Å². The first-order valence-electron chi connectivity index (χ1n) is 9.71. The van der Waals surface area contributed by atoms with Crippen molar-refractivity contribution in [3.05, 3.63) is 84.3 Å². The van der Waals surface area contributed by atoms with Crippen molar-refractivity contribution in [3.8, 4) is 11.3 Å². The fourth-order valence-corrected chi connectivity index (χ4v) is 3.56. The van der Waals surface area contributed by atoms with E-state index >= 15 is 0 Å². The Balaban J connectivity index is 1.29. The Labute approximate surface area is 165 Å². The third-order valence-corrected chi connectivity index (χ3v) is 5.15. The minimum absolute atomic E-state index is 0.0493. The molecule has 3 heterocycles. The minimum Gasteiger partial charge on any atom is -0.349 e. The highest BCUT2D eigenvalue weighted by Crippen LogP contribution is 2.17. The third-order valence-electron chi connectivity index (χ3n) is 5.15. The van der Waals surface area contributed by atoms with Gasteiger partial charge in [-0.15, -0.1) is 0 Å². The summed E-state index contributed by atoms with van der Waals surface area (Å²) in [6, 6.07) is 18.3. The number of nitrogens with zero attached hydrogens (tertiary/aromatic N) is 3. The van der Waals surface area contributed by atoms with E-state index in [1.807, 2.05) is 30.3 Å². The van der Waals surface area contributed by atoms with Gasteiger partial charge < -0.3 is 5.32 Å². The van der Waals surface area contributed by atoms with Crippen molar-refractivity contribution >= 4 is 5.91 Å². The van der Waals surface area contributed by atoms with Crippen LogP contribution in [0.15, 0.2) is 73.2 Å². The lowest BCUT2D eigenvalue weighted by Gasteiger charge is -2.32. The van der Waals surface area contributed by atoms with Crippen LogP contribution in [0.1, 0.15) is 28.8 Å². The molecule has 1 saturated heterocycles. The quantitative estimate of drug-likeness (QED) is 0.744. The van der Waals surface area contributed by atoms with Crippen molar-refractivity contribution < 1.29 is 4.79 Å². The molecule has 0 radical (unpaired) electrons. The van der Waals surface area contributed by atoms with E-state index < -0.39 is 0 Å². The molecule has 1 aromatic carbocycles. The van der Waals surface area contributed by atoms with Crippen molar-refractivity contribution in [2.45, 2.75) is 25.4 Å². The number of benzene rings is 1. The predicted octanol–water partition coefficient (Wildman–Crippen LogP) is 3.54. The first-order valence-corrected chi connectivity index (χ1v) is 9.71. The number of piperidine rings is 1. The highest BCUT2D eigenvalue weighted by Gasteiger charge is 2.21. The summed E-state index contributed by atoms with van der Waals surface area (Å²) in [5.41, 5.74) is 3.70. The third kappa shape index (κ3) is 4.61. The number of hydrogen-bond acceptors (Lipinski definition) is 4. The van der Waals surface area contributed by atoms with Crippen LogP contribution in [-0.2, 0) is 6.54 Å². The highest BCUT2D eigenvalue weighted by atomic mass is 16.1. The second-order valence-electron chi connectivity index (χ2n) is 7.18. The molecule has 3 aromatic rings. The van der Waals surface area contributed by atoms with Gasteiger partial charge in [-0.1, -0.05) is 30.3 Å². The molecule has 0 saturated carbocycles. The van der Waals surface area contributed by atoms with Gasteiger partial charge >= 0.3 is 0 Å². The van der Waals surface area contributed by atoms with Gasteiger partial charge in [0.05, 0.1) is 11.3 Å². The van der Waals surface area contributed by atoms with Crippen molar-refractivity contribution in [2.75, 3.05) is 13.1 Å². The first-order chi connectivity index (χ1) is 13.8. The molecule has 28 heavy (non-hydrogen) atoms. The largest absolute Gasteiger partial charge is 0.349 e. The standard InChI is InChI=1S/C23H24N4O/c28-23(20-8-9-22(25-16-20)19-7-4-12-24-15-19)26-21-10-13-27(14-11-21)17-18-5-2-1-3-6-18/h1-9,12,15-16,21H,10-11,13-14,17H2,(H,26,28). The van der Waals surface area contributed by atoms with Gasteiger partial charge in [0.2, 0.25) is 0 Å². The molecule has 1 amide bonds. The Bertz CT molecular complexity index is 889. The molecule has 0 unspecified atom stereocenters. The number of pyridine rings is 2. The molecule has 0 atom stereocenters. The predicted molar refractivity (Wildman–Crippen MR) is 110 cm³/mol. The lowest BCUT2D eigenvalue weighted by atomic mass is 10.0. The van der Waals surface area contributed by atoms with Crippen LogP contribution in [0, 0.1) is 0 Å². The van der Waals surface area contributed by atoms with E-state index in [4.69, 9.17) is 0 Å². The van der Waals surface area contributed by atoms with Gasteiger partial charge in [-0.25, -0.2) is 0 Å². The van der Waals surface area contributed by atoms with E-state index in [0.29, 0.717) is 5.56 Å². The fraction of sp³-hybridized carbons (Fsp3) is 0.261. The second-order valence-corrected chi connectivity index (χ2v) is 7.18. The van der Waals surface area contributed by atoms with Crippen LogP contribution in [0.5, 0.6) is 0 Å². The molecular weight excluding hydrogens is 348 g/mol. The highest BCUT2D eigenvalue weighted by molar-refractivity contribution is 5.94. The van der Waals surface area contributed by atoms with Crippen molar-refractivity contribution in [3.63, 3.8) is 0 Å². The van der Waals surface area contributed by atoms with Gasteiger partial charge in [-0.2, -0.15) is 0 Å². The van der Waals surface area contributed by atoms with E-state index in [9.17, 15) is 4.79 Å². The van der Waals surface area contributed by atoms with Gasteiger partial charge in [0.25, 0.3) is 5.91 Å². The molecule has 1 aliphatic heterocycles. The van der Waals surface area contributed by atoms with Gasteiger partial charge in [0, 0.05) is 49.8 Å². The van der Waals surface area contributed by atoms with Crippen LogP contribution >= 0.6 is 0 Å². The van der Waals surface area contributed by atoms with Crippen LogP contribution < -0.4 is 5.32 Å². The lowest BCUT2D eigenvalue weighted by Crippen LogP contribution is -2.44. The van der Waals surface area contributed by atoms with Gasteiger partial charge in [0.15, 0.2) is 0 Å². The summed E-state index contributed by atoms with van der Waals surface area (Å²) in [7, 11) is 0. The molecule has 5 nitrogen and oxygen atoms in total. The van der Waals surface area contributed by atoms with Crippen molar-refractivity contribution in [2.24, 2.45) is 0 Å². The topological polar surface area (TPSA) is 58.1 Å². The number of likely N-dealkylation sites (tertiary alicyclic amines) is 1. The van der Waals surface area contributed by atoms with E-state index in [1.54, 1.807) is 18.6 Å². The number of nitrogens with one attached hydrogen (secondary N) is 1. The fourth-order valence-electron chi connectivity index (χ4n) is 3.56. The van der Waals surface area contributed by atoms with Gasteiger partial charge in [-0.05, 0) is 42.7 Å². The number of hydrogen-bond donors (Lipinski definition) is 1. The molecule has 1 fully saturated rings. The van der Waals surface area contributed by atoms with Crippen LogP contribution in [0.2, 0.25) is 0 Å². The Kier molecular flexibility index (Phi) is 5.73. The summed E-state index contributed by atoms with van der Waals surface area (Å²) >= 11 is 0. The molecule has 0 bridgehead atoms. The average Bonchev–Trinajstić information content (AvgIpc) is 2.76. The number of amides is 1. The van der Waals surface area contributed by atoms with E-state index in [0.717, 1.165) is 43.7 Å². The Hall–Kier alpha value is -3.05. The molecule has 1 N–H and O–H groups in total. The Morgan fingerprint density at radius 1 is 1.00 bits per heavy atom. The zero-order valence-electron chi connectivity index (χ0n) is 15.8. The van der Waals surface area contributed by atoms with Crippen LogP contribution in [-0.4, -0.2) is 39.9 Å². The number of rotatable bonds is 5. The maximum absolute atomic E-state index is 12.6. The minimum atomic E-state index is -0.0493. The summed E-state index contributed by atoms with van der Waals surface area (Å²) in [4.78, 5) is 23.5. The van der Waals surface area contributed by atoms with Crippen molar-refractivity contribution in [1.29, 1.82) is 0 Å². The van der Waals surface area contributed by atoms with Crippen LogP contribution in [0.4, 0.5) is 0 Å². The van der Waals surface area contributed by atoms with Crippen molar-refractivity contribution in [1.82, 2.24) is 20.2 Å². The van der Waals surface area contributed by atoms with Gasteiger partial charge in [-0.3, -0.25) is 19.7 Å². The molecule has 0 aliphatic carbocycles. The summed E-state index contributed by atoms with van der Waals surface area (Å²) in [6.45, 7) is 2.97. The summed E-state index contributed by atoms with van der Waals surface area (Å²) in [5, 5.41) is 3.16. The van der Waals surface area contributed by atoms with E-state index in [-0.39, 0.29) is 11.9 Å². The maximum Gasteiger partial charge on any atom is 0.253 e. The zero-order chi connectivity index (χ0) is 19.2. The SMILES string of the molecule is O=C(NC1CCN(Cc2ccccc2)CC1)c1ccc(-c2cccnc2)nc1. The number of carbonyl (C=O) groups is 1. The maximum atomic E-state index is 12.6. The first kappa shape index (κ1) is 18.3. The molecule has 142 valence electrons. The van der Waals surface area contributed by atoms with E-state index in [2.05, 4.69) is 44.5 Å². The summed E-state index contributed by atoms with van der Waals surface area (Å²) in [5.74, 6) is -0.0493. The molecule has 4 rings (SSSR count). The Morgan fingerprint density at radius 2 is 1.82 bits per heavy atom. The molecule has 5 heteroatoms. The average molecular weight is 372 g/mol. The summed E-state index contributed by atoms with van der Waals surface area (Å²) < 4.78 is 0. The monoisotopic (exact) mass is 372 g/mol. The summed E-state index contributed by atoms with van der Waals surface area (Å²) in [6.07, 6.45) is 7.09. The Morgan fingerprint density at radius 3 is 2.50 bits per heavy atom. The molecule has 2 aromatic heterocycles. The molecule has 1 aliphatic rings. The van der Waals surface area contributed by atoms with Crippen LogP contribution in [0.25, 0.3) is 11.3 Å². The smallest absolute Gasteiger partial charge is 0.253 e. The number of carbonyl (C=O) groups excluding carboxylic acids is 1. The zero-order valence-corrected chi connectivity index (χ0v) is 15.8. The molecule has 0 spiro atoms. The number of aromatic nitrogens is 2. The van der Waals surface area contributed by atoms with E-state index in [1.165, 1.54) is 5.56 Å². The second kappa shape index (κ2) is 8.76. The normalized spacial score (nSPS) is 15.3. The van der Waals surface area contributed by atoms with Crippen LogP contribution in [0.3, 0.4) is 0 Å². The lowest BCUT2D eigenvalue weighted by molar-refractivity contribution is 0.0908.